The minimum Gasteiger partial charge on any atom is -0.493 e. The van der Waals surface area contributed by atoms with Gasteiger partial charge in [-0.15, -0.1) is 0 Å². The van der Waals surface area contributed by atoms with Crippen LogP contribution in [0.25, 0.3) is 6.08 Å². The molecule has 1 aliphatic rings. The van der Waals surface area contributed by atoms with E-state index in [9.17, 15) is 4.79 Å². The maximum Gasteiger partial charge on any atom is 0.260 e. The fraction of sp³-hybridized carbons (Fsp3) is 0.211. The molecule has 1 aliphatic heterocycles. The summed E-state index contributed by atoms with van der Waals surface area (Å²) in [5.41, 5.74) is 2.48. The van der Waals surface area contributed by atoms with Crippen molar-refractivity contribution in [2.45, 2.75) is 12.4 Å². The van der Waals surface area contributed by atoms with Crippen molar-refractivity contribution in [1.29, 1.82) is 0 Å². The topological polar surface area (TPSA) is 59.6 Å². The number of hydrogen-bond donors (Lipinski definition) is 2. The lowest BCUT2D eigenvalue weighted by Gasteiger charge is -2.15. The molecule has 2 aromatic carbocycles. The van der Waals surface area contributed by atoms with E-state index in [1.165, 1.54) is 11.8 Å². The molecule has 1 saturated heterocycles. The molecular weight excluding hydrogens is 452 g/mol. The van der Waals surface area contributed by atoms with Gasteiger partial charge in [0.15, 0.2) is 17.0 Å². The number of methoxy groups -OCH3 is 2. The van der Waals surface area contributed by atoms with Crippen LogP contribution in [0.1, 0.15) is 11.1 Å². The lowest BCUT2D eigenvalue weighted by Crippen LogP contribution is -2.31. The molecule has 0 bridgehead atoms. The average Bonchev–Trinajstić information content (AvgIpc) is 2.98. The summed E-state index contributed by atoms with van der Waals surface area (Å²) in [6, 6.07) is 9.25. The van der Waals surface area contributed by atoms with E-state index in [1.54, 1.807) is 14.2 Å². The van der Waals surface area contributed by atoms with Gasteiger partial charge in [0.1, 0.15) is 0 Å². The molecule has 5 nitrogen and oxygen atoms in total. The van der Waals surface area contributed by atoms with E-state index >= 15 is 0 Å². The summed E-state index contributed by atoms with van der Waals surface area (Å²) in [6.07, 6.45) is 1.82. The third-order valence-corrected chi connectivity index (χ3v) is 5.96. The molecule has 1 amide bonds. The van der Waals surface area contributed by atoms with E-state index in [0.717, 1.165) is 21.3 Å². The Bertz CT molecular complexity index is 920. The largest absolute Gasteiger partial charge is 0.493 e. The number of nitrogens with one attached hydrogen (secondary N) is 2. The van der Waals surface area contributed by atoms with Crippen molar-refractivity contribution >= 4 is 57.0 Å². The number of carbonyl (C=O) groups excluding carboxylic acids is 1. The zero-order valence-electron chi connectivity index (χ0n) is 14.9. The van der Waals surface area contributed by atoms with Crippen LogP contribution < -0.4 is 20.1 Å². The molecule has 1 fully saturated rings. The molecule has 2 aromatic rings. The summed E-state index contributed by atoms with van der Waals surface area (Å²) >= 11 is 11.0. The van der Waals surface area contributed by atoms with Gasteiger partial charge in [0, 0.05) is 15.2 Å². The van der Waals surface area contributed by atoms with Gasteiger partial charge in [0.05, 0.1) is 19.1 Å². The third-order valence-electron chi connectivity index (χ3n) is 4.01. The normalized spacial score (nSPS) is 17.7. The fourth-order valence-electron chi connectivity index (χ4n) is 2.58. The van der Waals surface area contributed by atoms with Crippen LogP contribution in [0, 0.1) is 6.92 Å². The molecule has 0 saturated carbocycles. The molecule has 2 N–H and O–H groups in total. The Morgan fingerprint density at radius 1 is 1.22 bits per heavy atom. The molecule has 1 atom stereocenters. The summed E-state index contributed by atoms with van der Waals surface area (Å²) in [5, 5.41) is 6.86. The summed E-state index contributed by atoms with van der Waals surface area (Å²) in [7, 11) is 3.16. The smallest absolute Gasteiger partial charge is 0.260 e. The molecule has 0 aromatic heterocycles. The second-order valence-electron chi connectivity index (χ2n) is 5.81. The van der Waals surface area contributed by atoms with Crippen molar-refractivity contribution in [3.05, 3.63) is 55.9 Å². The van der Waals surface area contributed by atoms with Gasteiger partial charge in [-0.25, -0.2) is 0 Å². The van der Waals surface area contributed by atoms with Crippen molar-refractivity contribution in [3.63, 3.8) is 0 Å². The molecule has 27 heavy (non-hydrogen) atoms. The minimum absolute atomic E-state index is 0.140. The van der Waals surface area contributed by atoms with Gasteiger partial charge >= 0.3 is 0 Å². The van der Waals surface area contributed by atoms with Crippen LogP contribution in [0.15, 0.2) is 39.7 Å². The Morgan fingerprint density at radius 3 is 2.63 bits per heavy atom. The summed E-state index contributed by atoms with van der Waals surface area (Å²) < 4.78 is 11.4. The number of thioether (sulfide) groups is 1. The molecule has 0 aliphatic carbocycles. The van der Waals surface area contributed by atoms with Crippen LogP contribution in [-0.4, -0.2) is 25.6 Å². The van der Waals surface area contributed by atoms with Crippen LogP contribution in [-0.2, 0) is 4.79 Å². The number of aryl methyl sites for hydroxylation is 1. The fourth-order valence-corrected chi connectivity index (χ4v) is 4.15. The Labute approximate surface area is 175 Å². The lowest BCUT2D eigenvalue weighted by atomic mass is 10.2. The predicted molar refractivity (Wildman–Crippen MR) is 115 cm³/mol. The Hall–Kier alpha value is -1.83. The number of ether oxygens (including phenoxy) is 2. The first kappa shape index (κ1) is 19.9. The van der Waals surface area contributed by atoms with Crippen LogP contribution in [0.3, 0.4) is 0 Å². The first-order valence-corrected chi connectivity index (χ1v) is 10.1. The minimum atomic E-state index is -0.278. The molecule has 1 heterocycles. The number of anilines is 1. The lowest BCUT2D eigenvalue weighted by molar-refractivity contribution is -0.116. The van der Waals surface area contributed by atoms with E-state index in [0.29, 0.717) is 21.4 Å². The zero-order valence-corrected chi connectivity index (χ0v) is 18.1. The Balaban J connectivity index is 1.82. The number of benzene rings is 2. The summed E-state index contributed by atoms with van der Waals surface area (Å²) in [6.45, 7) is 1.98. The second-order valence-corrected chi connectivity index (χ2v) is 8.25. The van der Waals surface area contributed by atoms with Crippen molar-refractivity contribution in [3.8, 4) is 11.5 Å². The monoisotopic (exact) mass is 468 g/mol. The Kier molecular flexibility index (Phi) is 6.24. The molecule has 1 unspecified atom stereocenters. The van der Waals surface area contributed by atoms with Gasteiger partial charge in [-0.2, -0.15) is 0 Å². The van der Waals surface area contributed by atoms with E-state index in [2.05, 4.69) is 26.6 Å². The van der Waals surface area contributed by atoms with Crippen molar-refractivity contribution < 1.29 is 14.3 Å². The highest BCUT2D eigenvalue weighted by molar-refractivity contribution is 9.10. The zero-order chi connectivity index (χ0) is 19.6. The standard InChI is InChI=1S/C19H18BrClN2O3S/c1-10-4-5-12(21)8-14(10)22-19-23-18(24)17(27-19)7-11-6-15(25-2)16(26-3)9-13(11)20/h4-9,19,22H,1-3H3,(H,23,24)/b17-7-. The third kappa shape index (κ3) is 4.54. The molecular formula is C19H18BrClN2O3S. The first-order chi connectivity index (χ1) is 12.9. The predicted octanol–water partition coefficient (Wildman–Crippen LogP) is 5.03. The molecule has 0 spiro atoms. The maximum absolute atomic E-state index is 12.4. The van der Waals surface area contributed by atoms with Crippen LogP contribution >= 0.6 is 39.3 Å². The van der Waals surface area contributed by atoms with E-state index in [1.807, 2.05) is 43.3 Å². The van der Waals surface area contributed by atoms with Gasteiger partial charge < -0.3 is 20.1 Å². The highest BCUT2D eigenvalue weighted by Gasteiger charge is 2.28. The molecule has 8 heteroatoms. The Morgan fingerprint density at radius 2 is 1.93 bits per heavy atom. The SMILES string of the molecule is COc1cc(Br)c(/C=C2\SC(Nc3cc(Cl)ccc3C)NC2=O)cc1OC. The van der Waals surface area contributed by atoms with E-state index in [4.69, 9.17) is 21.1 Å². The molecule has 3 rings (SSSR count). The average molecular weight is 470 g/mol. The number of carbonyl (C=O) groups is 1. The number of rotatable bonds is 5. The molecule has 0 radical (unpaired) electrons. The highest BCUT2D eigenvalue weighted by atomic mass is 79.9. The van der Waals surface area contributed by atoms with Gasteiger partial charge in [-0.1, -0.05) is 45.4 Å². The van der Waals surface area contributed by atoms with Gasteiger partial charge in [0.25, 0.3) is 5.91 Å². The molecule has 142 valence electrons. The quantitative estimate of drug-likeness (QED) is 0.602. The highest BCUT2D eigenvalue weighted by Crippen LogP contribution is 2.37. The number of amides is 1. The van der Waals surface area contributed by atoms with Crippen LogP contribution in [0.4, 0.5) is 5.69 Å². The number of halogens is 2. The van der Waals surface area contributed by atoms with Gasteiger partial charge in [0.2, 0.25) is 0 Å². The first-order valence-electron chi connectivity index (χ1n) is 8.04. The van der Waals surface area contributed by atoms with Gasteiger partial charge in [-0.3, -0.25) is 4.79 Å². The van der Waals surface area contributed by atoms with Crippen molar-refractivity contribution in [1.82, 2.24) is 5.32 Å². The maximum atomic E-state index is 12.4. The second kappa shape index (κ2) is 8.46. The summed E-state index contributed by atoms with van der Waals surface area (Å²) in [4.78, 5) is 13.0. The summed E-state index contributed by atoms with van der Waals surface area (Å²) in [5.74, 6) is 1.07. The van der Waals surface area contributed by atoms with Crippen LogP contribution in [0.2, 0.25) is 5.02 Å². The van der Waals surface area contributed by atoms with Crippen LogP contribution in [0.5, 0.6) is 11.5 Å². The van der Waals surface area contributed by atoms with E-state index < -0.39 is 0 Å². The number of hydrogen-bond acceptors (Lipinski definition) is 5. The van der Waals surface area contributed by atoms with E-state index in [-0.39, 0.29) is 11.4 Å². The van der Waals surface area contributed by atoms with Crippen molar-refractivity contribution in [2.75, 3.05) is 19.5 Å². The van der Waals surface area contributed by atoms with Gasteiger partial charge in [-0.05, 0) is 48.4 Å². The van der Waals surface area contributed by atoms with Crippen molar-refractivity contribution in [2.24, 2.45) is 0 Å².